The van der Waals surface area contributed by atoms with Crippen LogP contribution >= 0.6 is 27.7 Å². The van der Waals surface area contributed by atoms with Crippen molar-refractivity contribution in [3.05, 3.63) is 10.0 Å². The maximum atomic E-state index is 3.41. The largest absolute Gasteiger partial charge is 0.348 e. The minimum atomic E-state index is 0.800. The van der Waals surface area contributed by atoms with E-state index < -0.39 is 0 Å². The molecule has 2 aliphatic rings. The topological polar surface area (TPSA) is 3.01 Å². The van der Waals surface area contributed by atoms with E-state index in [1.807, 2.05) is 11.8 Å². The molecule has 0 radical (unpaired) electrons. The van der Waals surface area contributed by atoms with E-state index in [2.05, 4.69) is 26.2 Å². The van der Waals surface area contributed by atoms with Gasteiger partial charge in [0.1, 0.15) is 0 Å². The number of thioether (sulfide) groups is 1. The molecule has 2 heterocycles. The van der Waals surface area contributed by atoms with Crippen LogP contribution < -0.4 is 0 Å². The first-order chi connectivity index (χ1) is 3.38. The van der Waals surface area contributed by atoms with Gasteiger partial charge in [-0.05, 0) is 15.9 Å². The highest BCUT2D eigenvalue weighted by atomic mass is 79.9. The Balaban J connectivity index is 2.25. The van der Waals surface area contributed by atoms with E-state index in [1.54, 1.807) is 0 Å². The molecular formula is C4H4BrNS. The van der Waals surface area contributed by atoms with Crippen molar-refractivity contribution in [1.82, 2.24) is 4.90 Å². The molecule has 3 heteroatoms. The van der Waals surface area contributed by atoms with Gasteiger partial charge in [0.2, 0.25) is 0 Å². The Hall–Kier alpha value is 0.370. The predicted octanol–water partition coefficient (Wildman–Crippen LogP) is 1.57. The van der Waals surface area contributed by atoms with Gasteiger partial charge >= 0.3 is 0 Å². The molecule has 0 amide bonds. The van der Waals surface area contributed by atoms with E-state index in [0.717, 1.165) is 5.37 Å². The van der Waals surface area contributed by atoms with Crippen LogP contribution in [0.5, 0.6) is 0 Å². The maximum absolute atomic E-state index is 3.41. The van der Waals surface area contributed by atoms with Crippen molar-refractivity contribution in [3.63, 3.8) is 0 Å². The van der Waals surface area contributed by atoms with Crippen LogP contribution in [0, 0.1) is 0 Å². The fourth-order valence-electron chi connectivity index (χ4n) is 0.665. The molecule has 0 aromatic rings. The average Bonchev–Trinajstić information content (AvgIpc) is 2.33. The Kier molecular flexibility index (Phi) is 0.732. The van der Waals surface area contributed by atoms with E-state index >= 15 is 0 Å². The summed E-state index contributed by atoms with van der Waals surface area (Å²) < 4.78 is 1.27. The Morgan fingerprint density at radius 3 is 3.00 bits per heavy atom. The molecule has 1 fully saturated rings. The third-order valence-electron chi connectivity index (χ3n) is 1.16. The second-order valence-electron chi connectivity index (χ2n) is 1.68. The second-order valence-corrected chi connectivity index (χ2v) is 3.55. The Labute approximate surface area is 54.9 Å². The minimum Gasteiger partial charge on any atom is -0.348 e. The highest BCUT2D eigenvalue weighted by molar-refractivity contribution is 9.11. The Bertz CT molecular complexity index is 134. The summed E-state index contributed by atoms with van der Waals surface area (Å²) in [6.45, 7) is 1.25. The van der Waals surface area contributed by atoms with Crippen LogP contribution in [-0.4, -0.2) is 16.8 Å². The number of rotatable bonds is 0. The van der Waals surface area contributed by atoms with Gasteiger partial charge in [-0.25, -0.2) is 0 Å². The summed E-state index contributed by atoms with van der Waals surface area (Å²) >= 11 is 5.31. The van der Waals surface area contributed by atoms with Crippen LogP contribution in [0.4, 0.5) is 0 Å². The lowest BCUT2D eigenvalue weighted by Gasteiger charge is -1.88. The molecule has 0 aromatic carbocycles. The van der Waals surface area contributed by atoms with Crippen molar-refractivity contribution in [3.8, 4) is 0 Å². The molecule has 1 saturated heterocycles. The molecule has 0 spiro atoms. The smallest absolute Gasteiger partial charge is 0.0973 e. The van der Waals surface area contributed by atoms with Gasteiger partial charge in [0.15, 0.2) is 0 Å². The first-order valence-electron chi connectivity index (χ1n) is 2.16. The first kappa shape index (κ1) is 4.27. The molecule has 0 aromatic heterocycles. The zero-order valence-electron chi connectivity index (χ0n) is 3.60. The summed E-state index contributed by atoms with van der Waals surface area (Å²) in [5.74, 6) is 0. The van der Waals surface area contributed by atoms with E-state index in [-0.39, 0.29) is 0 Å². The lowest BCUT2D eigenvalue weighted by molar-refractivity contribution is 0.754. The molecule has 0 saturated carbocycles. The molecule has 0 aliphatic carbocycles. The monoisotopic (exact) mass is 177 g/mol. The van der Waals surface area contributed by atoms with Gasteiger partial charge in [-0.1, -0.05) is 0 Å². The third kappa shape index (κ3) is 0.515. The highest BCUT2D eigenvalue weighted by Crippen LogP contribution is 2.43. The van der Waals surface area contributed by atoms with Gasteiger partial charge < -0.3 is 4.90 Å². The van der Waals surface area contributed by atoms with Gasteiger partial charge in [0, 0.05) is 12.0 Å². The van der Waals surface area contributed by atoms with Gasteiger partial charge in [-0.3, -0.25) is 0 Å². The van der Waals surface area contributed by atoms with Crippen molar-refractivity contribution >= 4 is 27.7 Å². The normalized spacial score (nSPS) is 35.3. The fourth-order valence-corrected chi connectivity index (χ4v) is 2.43. The molecule has 1 unspecified atom stereocenters. The number of fused-ring (bicyclic) bond motifs is 1. The summed E-state index contributed by atoms with van der Waals surface area (Å²) in [6.07, 6.45) is 0. The molecule has 1 atom stereocenters. The van der Waals surface area contributed by atoms with Crippen molar-refractivity contribution in [2.24, 2.45) is 0 Å². The molecule has 38 valence electrons. The van der Waals surface area contributed by atoms with Crippen LogP contribution in [0.2, 0.25) is 0 Å². The molecular weight excluding hydrogens is 174 g/mol. The summed E-state index contributed by atoms with van der Waals surface area (Å²) in [6, 6.07) is 0. The number of halogens is 1. The minimum absolute atomic E-state index is 0.800. The number of nitrogens with zero attached hydrogens (tertiary/aromatic N) is 1. The zero-order valence-corrected chi connectivity index (χ0v) is 6.00. The summed E-state index contributed by atoms with van der Waals surface area (Å²) in [5.41, 5.74) is 0. The van der Waals surface area contributed by atoms with Crippen molar-refractivity contribution < 1.29 is 0 Å². The second kappa shape index (κ2) is 1.20. The standard InChI is InChI=1S/C4H4BrNS/c5-3-2-7-4-1-6(3)4/h2,4H,1H2. The van der Waals surface area contributed by atoms with E-state index in [1.165, 1.54) is 11.2 Å². The Morgan fingerprint density at radius 1 is 2.00 bits per heavy atom. The fraction of sp³-hybridized carbons (Fsp3) is 0.500. The number of hydrogen-bond acceptors (Lipinski definition) is 2. The lowest BCUT2D eigenvalue weighted by atomic mass is 11.0. The van der Waals surface area contributed by atoms with Crippen LogP contribution in [0.3, 0.4) is 0 Å². The Morgan fingerprint density at radius 2 is 2.86 bits per heavy atom. The summed E-state index contributed by atoms with van der Waals surface area (Å²) in [4.78, 5) is 2.31. The van der Waals surface area contributed by atoms with E-state index in [9.17, 15) is 0 Å². The molecule has 2 aliphatic heterocycles. The summed E-state index contributed by atoms with van der Waals surface area (Å²) in [7, 11) is 0. The van der Waals surface area contributed by atoms with Gasteiger partial charge in [-0.15, -0.1) is 11.8 Å². The maximum Gasteiger partial charge on any atom is 0.0973 e. The average molecular weight is 178 g/mol. The van der Waals surface area contributed by atoms with Gasteiger partial charge in [0.25, 0.3) is 0 Å². The molecule has 0 N–H and O–H groups in total. The van der Waals surface area contributed by atoms with Crippen molar-refractivity contribution in [2.45, 2.75) is 5.37 Å². The van der Waals surface area contributed by atoms with E-state index in [4.69, 9.17) is 0 Å². The first-order valence-corrected chi connectivity index (χ1v) is 3.89. The van der Waals surface area contributed by atoms with Crippen molar-refractivity contribution in [1.29, 1.82) is 0 Å². The number of hydrogen-bond donors (Lipinski definition) is 0. The van der Waals surface area contributed by atoms with Gasteiger partial charge in [-0.2, -0.15) is 0 Å². The molecule has 0 bridgehead atoms. The van der Waals surface area contributed by atoms with Crippen LogP contribution in [0.15, 0.2) is 10.0 Å². The third-order valence-corrected chi connectivity index (χ3v) is 3.23. The van der Waals surface area contributed by atoms with E-state index in [0.29, 0.717) is 0 Å². The zero-order chi connectivity index (χ0) is 4.85. The van der Waals surface area contributed by atoms with Gasteiger partial charge in [0.05, 0.1) is 9.98 Å². The predicted molar refractivity (Wildman–Crippen MR) is 35.1 cm³/mol. The van der Waals surface area contributed by atoms with Crippen LogP contribution in [0.1, 0.15) is 0 Å². The van der Waals surface area contributed by atoms with Crippen LogP contribution in [0.25, 0.3) is 0 Å². The highest BCUT2D eigenvalue weighted by Gasteiger charge is 2.39. The molecule has 2 rings (SSSR count). The lowest BCUT2D eigenvalue weighted by Crippen LogP contribution is -1.83. The van der Waals surface area contributed by atoms with Crippen LogP contribution in [-0.2, 0) is 0 Å². The van der Waals surface area contributed by atoms with Crippen molar-refractivity contribution in [2.75, 3.05) is 6.54 Å². The molecule has 1 nitrogen and oxygen atoms in total. The SMILES string of the molecule is BrC1=CSC2CN12. The quantitative estimate of drug-likeness (QED) is 0.409. The summed E-state index contributed by atoms with van der Waals surface area (Å²) in [5, 5.41) is 2.95. The molecule has 7 heavy (non-hydrogen) atoms.